The van der Waals surface area contributed by atoms with Gasteiger partial charge < -0.3 is 10.0 Å². The molecule has 1 N–H and O–H groups in total. The van der Waals surface area contributed by atoms with Crippen LogP contribution in [0.15, 0.2) is 47.5 Å². The lowest BCUT2D eigenvalue weighted by molar-refractivity contribution is -0.136. The molecule has 0 radical (unpaired) electrons. The Morgan fingerprint density at radius 1 is 1.19 bits per heavy atom. The second-order valence-corrected chi connectivity index (χ2v) is 9.53. The minimum atomic E-state index is -1.04. The highest BCUT2D eigenvalue weighted by Gasteiger charge is 2.35. The quantitative estimate of drug-likeness (QED) is 0.619. The molecule has 1 saturated heterocycles. The highest BCUT2D eigenvalue weighted by molar-refractivity contribution is 6.31. The average molecular weight is 455 g/mol. The van der Waals surface area contributed by atoms with Gasteiger partial charge in [-0.2, -0.15) is 0 Å². The Morgan fingerprint density at radius 2 is 1.91 bits per heavy atom. The van der Waals surface area contributed by atoms with E-state index in [1.54, 1.807) is 10.6 Å². The molecule has 1 amide bonds. The predicted molar refractivity (Wildman–Crippen MR) is 123 cm³/mol. The number of benzene rings is 1. The van der Waals surface area contributed by atoms with Gasteiger partial charge in [-0.05, 0) is 43.4 Å². The van der Waals surface area contributed by atoms with E-state index in [0.29, 0.717) is 48.5 Å². The number of piperidine rings is 1. The number of likely N-dealkylation sites (tertiary alicyclic amines) is 1. The van der Waals surface area contributed by atoms with Crippen molar-refractivity contribution in [2.24, 2.45) is 5.92 Å². The number of nitrogens with zero attached hydrogens (tertiary/aromatic N) is 4. The van der Waals surface area contributed by atoms with Crippen molar-refractivity contribution in [1.82, 2.24) is 19.0 Å². The molecule has 0 unspecified atom stereocenters. The van der Waals surface area contributed by atoms with Crippen LogP contribution in [0.25, 0.3) is 16.7 Å². The molecule has 32 heavy (non-hydrogen) atoms. The number of aromatic nitrogens is 3. The number of carbonyl (C=O) groups excluding carboxylic acids is 1. The molecular weight excluding hydrogens is 428 g/mol. The van der Waals surface area contributed by atoms with Crippen molar-refractivity contribution in [2.75, 3.05) is 13.1 Å². The first kappa shape index (κ1) is 21.2. The lowest BCUT2D eigenvalue weighted by Gasteiger charge is -2.38. The van der Waals surface area contributed by atoms with Gasteiger partial charge in [0.1, 0.15) is 11.5 Å². The standard InChI is InChI=1S/C24H27ClN4O3/c25-20-14-19-22(29(20)18-4-2-1-3-5-18)26-16-28(23(19)31)15-24(32)10-12-27(13-11-24)21(30)9-8-17-6-7-17/h1-5,14,16-17,32H,6-13,15H2. The first-order valence-electron chi connectivity index (χ1n) is 11.3. The monoisotopic (exact) mass is 454 g/mol. The lowest BCUT2D eigenvalue weighted by Crippen LogP contribution is -2.49. The molecule has 8 heteroatoms. The summed E-state index contributed by atoms with van der Waals surface area (Å²) in [5.41, 5.74) is 0.0427. The van der Waals surface area contributed by atoms with Gasteiger partial charge in [0.25, 0.3) is 5.56 Å². The summed E-state index contributed by atoms with van der Waals surface area (Å²) in [6, 6.07) is 11.1. The summed E-state index contributed by atoms with van der Waals surface area (Å²) in [5.74, 6) is 0.913. The molecule has 2 aromatic heterocycles. The molecule has 3 heterocycles. The molecular formula is C24H27ClN4O3. The van der Waals surface area contributed by atoms with Crippen LogP contribution >= 0.6 is 11.6 Å². The Morgan fingerprint density at radius 3 is 2.59 bits per heavy atom. The van der Waals surface area contributed by atoms with Crippen molar-refractivity contribution in [2.45, 2.75) is 50.7 Å². The van der Waals surface area contributed by atoms with E-state index in [0.717, 1.165) is 18.0 Å². The maximum absolute atomic E-state index is 13.1. The normalized spacial score (nSPS) is 18.2. The topological polar surface area (TPSA) is 80.4 Å². The predicted octanol–water partition coefficient (Wildman–Crippen LogP) is 3.38. The van der Waals surface area contributed by atoms with E-state index >= 15 is 0 Å². The van der Waals surface area contributed by atoms with Gasteiger partial charge in [-0.15, -0.1) is 0 Å². The first-order chi connectivity index (χ1) is 15.4. The maximum atomic E-state index is 13.1. The van der Waals surface area contributed by atoms with Crippen LogP contribution in [0.4, 0.5) is 0 Å². The minimum absolute atomic E-state index is 0.146. The molecule has 1 aromatic carbocycles. The van der Waals surface area contributed by atoms with Gasteiger partial charge in [0.15, 0.2) is 5.65 Å². The summed E-state index contributed by atoms with van der Waals surface area (Å²) in [6.45, 7) is 1.17. The van der Waals surface area contributed by atoms with E-state index in [1.165, 1.54) is 23.7 Å². The second kappa shape index (κ2) is 8.37. The zero-order valence-corrected chi connectivity index (χ0v) is 18.7. The maximum Gasteiger partial charge on any atom is 0.262 e. The van der Waals surface area contributed by atoms with Gasteiger partial charge in [-0.1, -0.05) is 42.6 Å². The van der Waals surface area contributed by atoms with E-state index in [9.17, 15) is 14.7 Å². The van der Waals surface area contributed by atoms with Gasteiger partial charge in [-0.25, -0.2) is 4.98 Å². The highest BCUT2D eigenvalue weighted by Crippen LogP contribution is 2.34. The van der Waals surface area contributed by atoms with Gasteiger partial charge in [0.2, 0.25) is 5.91 Å². The number of rotatable bonds is 6. The molecule has 7 nitrogen and oxygen atoms in total. The first-order valence-corrected chi connectivity index (χ1v) is 11.6. The Hall–Kier alpha value is -2.64. The molecule has 168 valence electrons. The Balaban J connectivity index is 1.32. The Kier molecular flexibility index (Phi) is 5.55. The summed E-state index contributed by atoms with van der Waals surface area (Å²) < 4.78 is 3.20. The Labute approximate surface area is 191 Å². The molecule has 5 rings (SSSR count). The van der Waals surface area contributed by atoms with Crippen LogP contribution in [0.3, 0.4) is 0 Å². The van der Waals surface area contributed by atoms with Crippen molar-refractivity contribution in [3.63, 3.8) is 0 Å². The molecule has 0 atom stereocenters. The summed E-state index contributed by atoms with van der Waals surface area (Å²) in [5, 5.41) is 12.0. The number of fused-ring (bicyclic) bond motifs is 1. The van der Waals surface area contributed by atoms with Crippen LogP contribution in [-0.4, -0.2) is 48.7 Å². The van der Waals surface area contributed by atoms with Gasteiger partial charge in [0, 0.05) is 25.2 Å². The van der Waals surface area contributed by atoms with Crippen LogP contribution < -0.4 is 5.56 Å². The summed E-state index contributed by atoms with van der Waals surface area (Å²) >= 11 is 6.43. The summed E-state index contributed by atoms with van der Waals surface area (Å²) in [7, 11) is 0. The van der Waals surface area contributed by atoms with E-state index in [-0.39, 0.29) is 18.0 Å². The van der Waals surface area contributed by atoms with Crippen LogP contribution in [-0.2, 0) is 11.3 Å². The molecule has 0 spiro atoms. The van der Waals surface area contributed by atoms with Gasteiger partial charge >= 0.3 is 0 Å². The fraction of sp³-hybridized carbons (Fsp3) is 0.458. The fourth-order valence-corrected chi connectivity index (χ4v) is 4.85. The third-order valence-electron chi connectivity index (χ3n) is 6.73. The number of carbonyl (C=O) groups is 1. The zero-order chi connectivity index (χ0) is 22.3. The largest absolute Gasteiger partial charge is 0.388 e. The number of halogens is 1. The molecule has 2 fully saturated rings. The van der Waals surface area contributed by atoms with Crippen molar-refractivity contribution in [1.29, 1.82) is 0 Å². The minimum Gasteiger partial charge on any atom is -0.388 e. The van der Waals surface area contributed by atoms with Crippen LogP contribution in [0, 0.1) is 5.92 Å². The van der Waals surface area contributed by atoms with E-state index in [2.05, 4.69) is 4.98 Å². The van der Waals surface area contributed by atoms with Gasteiger partial charge in [0.05, 0.1) is 17.5 Å². The summed E-state index contributed by atoms with van der Waals surface area (Å²) in [4.78, 5) is 31.9. The van der Waals surface area contributed by atoms with Crippen molar-refractivity contribution >= 4 is 28.5 Å². The number of amides is 1. The van der Waals surface area contributed by atoms with Crippen LogP contribution in [0.2, 0.25) is 5.15 Å². The SMILES string of the molecule is O=C(CCC1CC1)N1CCC(O)(Cn2cnc3c(cc(Cl)n3-c3ccccc3)c2=O)CC1. The van der Waals surface area contributed by atoms with Gasteiger partial charge in [-0.3, -0.25) is 18.7 Å². The van der Waals surface area contributed by atoms with E-state index < -0.39 is 5.60 Å². The van der Waals surface area contributed by atoms with Crippen LogP contribution in [0.1, 0.15) is 38.5 Å². The molecule has 1 aliphatic heterocycles. The number of para-hydroxylation sites is 1. The number of hydrogen-bond acceptors (Lipinski definition) is 4. The molecule has 1 aliphatic carbocycles. The third-order valence-corrected chi connectivity index (χ3v) is 7.01. The molecule has 2 aliphatic rings. The van der Waals surface area contributed by atoms with E-state index in [4.69, 9.17) is 11.6 Å². The summed E-state index contributed by atoms with van der Waals surface area (Å²) in [6.07, 6.45) is 6.44. The van der Waals surface area contributed by atoms with Crippen molar-refractivity contribution in [3.05, 3.63) is 58.2 Å². The molecule has 3 aromatic rings. The van der Waals surface area contributed by atoms with Crippen molar-refractivity contribution < 1.29 is 9.90 Å². The molecule has 1 saturated carbocycles. The van der Waals surface area contributed by atoms with E-state index in [1.807, 2.05) is 35.2 Å². The molecule has 0 bridgehead atoms. The number of aliphatic hydroxyl groups is 1. The van der Waals surface area contributed by atoms with Crippen molar-refractivity contribution in [3.8, 4) is 5.69 Å². The highest BCUT2D eigenvalue weighted by atomic mass is 35.5. The van der Waals surface area contributed by atoms with Crippen LogP contribution in [0.5, 0.6) is 0 Å². The number of hydrogen-bond donors (Lipinski definition) is 1. The third kappa shape index (κ3) is 4.19. The fourth-order valence-electron chi connectivity index (χ4n) is 4.56. The Bertz CT molecular complexity index is 1190. The zero-order valence-electron chi connectivity index (χ0n) is 17.9. The lowest BCUT2D eigenvalue weighted by atomic mass is 9.91. The smallest absolute Gasteiger partial charge is 0.262 e. The second-order valence-electron chi connectivity index (χ2n) is 9.14. The average Bonchev–Trinajstić information content (AvgIpc) is 3.56.